The van der Waals surface area contributed by atoms with E-state index in [2.05, 4.69) is 37.8 Å². The molecule has 0 fully saturated rings. The summed E-state index contributed by atoms with van der Waals surface area (Å²) < 4.78 is 10.5. The number of hydrogen-bond acceptors (Lipinski definition) is 8. The lowest BCUT2D eigenvalue weighted by atomic mass is 10.1. The Balaban J connectivity index is 1.80. The van der Waals surface area contributed by atoms with E-state index in [0.29, 0.717) is 5.95 Å². The number of aryl methyl sites for hydroxylation is 5. The molecule has 2 atom stereocenters. The maximum absolute atomic E-state index is 5.27. The number of anilines is 2. The Morgan fingerprint density at radius 1 is 0.815 bits per heavy atom. The Hall–Kier alpha value is -2.90. The SMILES string of the molecule is Cc1cnc(NC(C)c2c(C)noc2C)nc1NC(C)c1c(C)noc1C. The molecule has 2 unspecified atom stereocenters. The third kappa shape index (κ3) is 3.79. The van der Waals surface area contributed by atoms with E-state index in [0.717, 1.165) is 45.4 Å². The molecule has 0 saturated carbocycles. The first-order chi connectivity index (χ1) is 12.8. The molecule has 3 heterocycles. The highest BCUT2D eigenvalue weighted by Crippen LogP contribution is 2.27. The van der Waals surface area contributed by atoms with Gasteiger partial charge in [0.1, 0.15) is 17.3 Å². The summed E-state index contributed by atoms with van der Waals surface area (Å²) in [6.07, 6.45) is 1.80. The Morgan fingerprint density at radius 3 is 1.81 bits per heavy atom. The molecule has 0 bridgehead atoms. The van der Waals surface area contributed by atoms with Gasteiger partial charge in [-0.1, -0.05) is 10.3 Å². The minimum atomic E-state index is -0.0215. The van der Waals surface area contributed by atoms with Crippen molar-refractivity contribution in [3.8, 4) is 0 Å². The van der Waals surface area contributed by atoms with Gasteiger partial charge >= 0.3 is 0 Å². The Bertz CT molecular complexity index is 907. The molecular weight excluding hydrogens is 344 g/mol. The van der Waals surface area contributed by atoms with Crippen molar-refractivity contribution in [2.45, 2.75) is 60.5 Å². The molecule has 0 saturated heterocycles. The molecule has 2 N–H and O–H groups in total. The highest BCUT2D eigenvalue weighted by atomic mass is 16.5. The van der Waals surface area contributed by atoms with Gasteiger partial charge in [-0.15, -0.1) is 0 Å². The molecule has 3 rings (SSSR count). The first kappa shape index (κ1) is 18.9. The smallest absolute Gasteiger partial charge is 0.225 e. The van der Waals surface area contributed by atoms with E-state index in [1.54, 1.807) is 6.20 Å². The molecule has 0 aliphatic heterocycles. The Kier molecular flexibility index (Phi) is 5.16. The fourth-order valence-corrected chi connectivity index (χ4v) is 3.42. The summed E-state index contributed by atoms with van der Waals surface area (Å²) in [6, 6.07) is -0.00974. The zero-order chi connectivity index (χ0) is 19.7. The van der Waals surface area contributed by atoms with Crippen LogP contribution in [0, 0.1) is 34.6 Å². The van der Waals surface area contributed by atoms with E-state index in [1.807, 2.05) is 41.5 Å². The van der Waals surface area contributed by atoms with Gasteiger partial charge in [-0.05, 0) is 48.5 Å². The van der Waals surface area contributed by atoms with E-state index in [-0.39, 0.29) is 12.1 Å². The standard InChI is InChI=1S/C19H26N6O2/c1-9-8-20-19(22-11(3)17-13(5)25-27-15(17)7)23-18(9)21-10(2)16-12(4)24-26-14(16)6/h8,10-11H,1-7H3,(H2,20,21,22,23). The summed E-state index contributed by atoms with van der Waals surface area (Å²) in [5.74, 6) is 2.92. The molecule has 27 heavy (non-hydrogen) atoms. The van der Waals surface area contributed by atoms with Crippen molar-refractivity contribution in [3.63, 3.8) is 0 Å². The van der Waals surface area contributed by atoms with Crippen LogP contribution >= 0.6 is 0 Å². The van der Waals surface area contributed by atoms with E-state index in [4.69, 9.17) is 9.05 Å². The molecule has 8 heteroatoms. The van der Waals surface area contributed by atoms with Gasteiger partial charge in [0.05, 0.1) is 23.5 Å². The van der Waals surface area contributed by atoms with Crippen LogP contribution in [0.2, 0.25) is 0 Å². The van der Waals surface area contributed by atoms with Gasteiger partial charge in [0, 0.05) is 22.9 Å². The predicted octanol–water partition coefficient (Wildman–Crippen LogP) is 4.34. The molecule has 0 amide bonds. The van der Waals surface area contributed by atoms with Crippen molar-refractivity contribution in [3.05, 3.63) is 45.8 Å². The van der Waals surface area contributed by atoms with Gasteiger partial charge in [-0.2, -0.15) is 4.98 Å². The third-order valence-electron chi connectivity index (χ3n) is 4.71. The van der Waals surface area contributed by atoms with E-state index in [1.165, 1.54) is 0 Å². The molecule has 0 aliphatic carbocycles. The monoisotopic (exact) mass is 370 g/mol. The minimum Gasteiger partial charge on any atom is -0.363 e. The maximum atomic E-state index is 5.27. The van der Waals surface area contributed by atoms with Gasteiger partial charge in [0.2, 0.25) is 5.95 Å². The van der Waals surface area contributed by atoms with Gasteiger partial charge in [0.15, 0.2) is 0 Å². The fourth-order valence-electron chi connectivity index (χ4n) is 3.42. The number of rotatable bonds is 6. The molecule has 0 aromatic carbocycles. The maximum Gasteiger partial charge on any atom is 0.225 e. The number of hydrogen-bond donors (Lipinski definition) is 2. The lowest BCUT2D eigenvalue weighted by Gasteiger charge is -2.18. The highest BCUT2D eigenvalue weighted by molar-refractivity contribution is 5.49. The Labute approximate surface area is 158 Å². The lowest BCUT2D eigenvalue weighted by Crippen LogP contribution is -2.14. The van der Waals surface area contributed by atoms with Crippen LogP contribution in [0.1, 0.15) is 65.5 Å². The number of aromatic nitrogens is 4. The summed E-state index contributed by atoms with van der Waals surface area (Å²) >= 11 is 0. The third-order valence-corrected chi connectivity index (χ3v) is 4.71. The summed E-state index contributed by atoms with van der Waals surface area (Å²) in [6.45, 7) is 13.8. The number of nitrogens with one attached hydrogen (secondary N) is 2. The highest BCUT2D eigenvalue weighted by Gasteiger charge is 2.20. The second-order valence-electron chi connectivity index (χ2n) is 6.93. The lowest BCUT2D eigenvalue weighted by molar-refractivity contribution is 0.391. The zero-order valence-electron chi connectivity index (χ0n) is 16.8. The first-order valence-electron chi connectivity index (χ1n) is 9.00. The number of nitrogens with zero attached hydrogens (tertiary/aromatic N) is 4. The van der Waals surface area contributed by atoms with Crippen LogP contribution in [0.15, 0.2) is 15.2 Å². The first-order valence-corrected chi connectivity index (χ1v) is 9.00. The average molecular weight is 370 g/mol. The predicted molar refractivity (Wildman–Crippen MR) is 103 cm³/mol. The van der Waals surface area contributed by atoms with Crippen molar-refractivity contribution in [2.75, 3.05) is 10.6 Å². The van der Waals surface area contributed by atoms with Gasteiger partial charge < -0.3 is 19.7 Å². The summed E-state index contributed by atoms with van der Waals surface area (Å²) in [5, 5.41) is 14.8. The van der Waals surface area contributed by atoms with E-state index < -0.39 is 0 Å². The largest absolute Gasteiger partial charge is 0.363 e. The van der Waals surface area contributed by atoms with Crippen LogP contribution in [0.5, 0.6) is 0 Å². The molecule has 0 radical (unpaired) electrons. The minimum absolute atomic E-state index is 0.0117. The van der Waals surface area contributed by atoms with Crippen LogP contribution < -0.4 is 10.6 Å². The van der Waals surface area contributed by atoms with Crippen molar-refractivity contribution in [1.82, 2.24) is 20.3 Å². The topological polar surface area (TPSA) is 102 Å². The molecule has 144 valence electrons. The molecule has 8 nitrogen and oxygen atoms in total. The van der Waals surface area contributed by atoms with E-state index >= 15 is 0 Å². The van der Waals surface area contributed by atoms with Crippen LogP contribution in [-0.2, 0) is 0 Å². The average Bonchev–Trinajstić information content (AvgIpc) is 3.12. The molecule has 0 aliphatic rings. The van der Waals surface area contributed by atoms with Gasteiger partial charge in [0.25, 0.3) is 0 Å². The molecule has 0 spiro atoms. The zero-order valence-corrected chi connectivity index (χ0v) is 16.8. The van der Waals surface area contributed by atoms with Gasteiger partial charge in [-0.25, -0.2) is 4.98 Å². The van der Waals surface area contributed by atoms with Crippen LogP contribution in [-0.4, -0.2) is 20.3 Å². The second kappa shape index (κ2) is 7.38. The van der Waals surface area contributed by atoms with Gasteiger partial charge in [-0.3, -0.25) is 0 Å². The summed E-state index contributed by atoms with van der Waals surface area (Å²) in [5.41, 5.74) is 4.78. The summed E-state index contributed by atoms with van der Waals surface area (Å²) in [7, 11) is 0. The summed E-state index contributed by atoms with van der Waals surface area (Å²) in [4.78, 5) is 9.06. The van der Waals surface area contributed by atoms with Crippen molar-refractivity contribution >= 4 is 11.8 Å². The van der Waals surface area contributed by atoms with E-state index in [9.17, 15) is 0 Å². The van der Waals surface area contributed by atoms with Crippen molar-refractivity contribution in [2.24, 2.45) is 0 Å². The van der Waals surface area contributed by atoms with Crippen LogP contribution in [0.4, 0.5) is 11.8 Å². The molecule has 3 aromatic heterocycles. The van der Waals surface area contributed by atoms with Crippen molar-refractivity contribution < 1.29 is 9.05 Å². The van der Waals surface area contributed by atoms with Crippen LogP contribution in [0.25, 0.3) is 0 Å². The normalized spacial score (nSPS) is 13.4. The quantitative estimate of drug-likeness (QED) is 0.660. The Morgan fingerprint density at radius 2 is 1.33 bits per heavy atom. The van der Waals surface area contributed by atoms with Crippen molar-refractivity contribution in [1.29, 1.82) is 0 Å². The molecular formula is C19H26N6O2. The van der Waals surface area contributed by atoms with Crippen LogP contribution in [0.3, 0.4) is 0 Å². The second-order valence-corrected chi connectivity index (χ2v) is 6.93. The molecule has 3 aromatic rings. The fraction of sp³-hybridized carbons (Fsp3) is 0.474.